The molecule has 1 spiro atoms. The zero-order valence-corrected chi connectivity index (χ0v) is 7.36. The number of hydrogen-bond donors (Lipinski definition) is 2. The fourth-order valence-electron chi connectivity index (χ4n) is 1.88. The zero-order valence-electron chi connectivity index (χ0n) is 7.36. The Bertz CT molecular complexity index is 244. The van der Waals surface area contributed by atoms with Crippen molar-refractivity contribution in [3.8, 4) is 0 Å². The number of piperidine rings is 1. The maximum atomic E-state index is 10.6. The molecule has 0 saturated carbocycles. The third-order valence-corrected chi connectivity index (χ3v) is 2.72. The summed E-state index contributed by atoms with van der Waals surface area (Å²) in [4.78, 5) is 16.4. The van der Waals surface area contributed by atoms with Crippen molar-refractivity contribution in [3.05, 3.63) is 0 Å². The summed E-state index contributed by atoms with van der Waals surface area (Å²) in [6, 6.07) is 0. The SMILES string of the molecule is O=C(O)N1CCC2(CC1)N=CCN2. The largest absolute Gasteiger partial charge is 0.465 e. The Hall–Kier alpha value is -1.10. The number of nitrogens with zero attached hydrogens (tertiary/aromatic N) is 2. The minimum absolute atomic E-state index is 0.147. The van der Waals surface area contributed by atoms with Gasteiger partial charge in [0.25, 0.3) is 0 Å². The predicted molar refractivity (Wildman–Crippen MR) is 48.1 cm³/mol. The van der Waals surface area contributed by atoms with E-state index >= 15 is 0 Å². The molecule has 2 N–H and O–H groups in total. The van der Waals surface area contributed by atoms with Gasteiger partial charge in [-0.15, -0.1) is 0 Å². The van der Waals surface area contributed by atoms with Gasteiger partial charge in [-0.1, -0.05) is 0 Å². The number of amides is 1. The Kier molecular flexibility index (Phi) is 1.95. The lowest BCUT2D eigenvalue weighted by molar-refractivity contribution is 0.113. The zero-order chi connectivity index (χ0) is 9.31. The number of carbonyl (C=O) groups is 1. The summed E-state index contributed by atoms with van der Waals surface area (Å²) in [7, 11) is 0. The van der Waals surface area contributed by atoms with E-state index in [1.54, 1.807) is 0 Å². The summed E-state index contributed by atoms with van der Waals surface area (Å²) in [5.41, 5.74) is -0.147. The van der Waals surface area contributed by atoms with Crippen molar-refractivity contribution in [1.29, 1.82) is 0 Å². The molecule has 5 heteroatoms. The van der Waals surface area contributed by atoms with Gasteiger partial charge in [-0.3, -0.25) is 10.3 Å². The van der Waals surface area contributed by atoms with E-state index in [0.29, 0.717) is 13.1 Å². The van der Waals surface area contributed by atoms with Crippen molar-refractivity contribution in [2.45, 2.75) is 18.5 Å². The molecule has 5 nitrogen and oxygen atoms in total. The molecule has 1 fully saturated rings. The molecule has 2 rings (SSSR count). The van der Waals surface area contributed by atoms with Crippen LogP contribution in [0.1, 0.15) is 12.8 Å². The molecule has 0 atom stereocenters. The molecule has 2 aliphatic heterocycles. The Labute approximate surface area is 76.4 Å². The summed E-state index contributed by atoms with van der Waals surface area (Å²) in [5.74, 6) is 0. The van der Waals surface area contributed by atoms with Crippen LogP contribution in [0.2, 0.25) is 0 Å². The van der Waals surface area contributed by atoms with E-state index < -0.39 is 6.09 Å². The molecule has 0 aromatic rings. The number of likely N-dealkylation sites (tertiary alicyclic amines) is 1. The first-order valence-corrected chi connectivity index (χ1v) is 4.48. The van der Waals surface area contributed by atoms with Gasteiger partial charge in [0.2, 0.25) is 0 Å². The maximum Gasteiger partial charge on any atom is 0.407 e. The summed E-state index contributed by atoms with van der Waals surface area (Å²) in [6.45, 7) is 1.98. The highest BCUT2D eigenvalue weighted by Gasteiger charge is 2.36. The molecule has 0 aromatic heterocycles. The molecule has 0 radical (unpaired) electrons. The topological polar surface area (TPSA) is 64.9 Å². The van der Waals surface area contributed by atoms with Gasteiger partial charge in [0.1, 0.15) is 5.66 Å². The molecule has 1 saturated heterocycles. The third-order valence-electron chi connectivity index (χ3n) is 2.72. The fraction of sp³-hybridized carbons (Fsp3) is 0.750. The molecule has 13 heavy (non-hydrogen) atoms. The Morgan fingerprint density at radius 3 is 2.69 bits per heavy atom. The fourth-order valence-corrected chi connectivity index (χ4v) is 1.88. The highest BCUT2D eigenvalue weighted by atomic mass is 16.4. The van der Waals surface area contributed by atoms with Crippen molar-refractivity contribution in [3.63, 3.8) is 0 Å². The van der Waals surface area contributed by atoms with Gasteiger partial charge >= 0.3 is 6.09 Å². The second kappa shape index (κ2) is 2.99. The van der Waals surface area contributed by atoms with Crippen molar-refractivity contribution in [2.24, 2.45) is 4.99 Å². The molecular weight excluding hydrogens is 170 g/mol. The van der Waals surface area contributed by atoms with Crippen molar-refractivity contribution < 1.29 is 9.90 Å². The van der Waals surface area contributed by atoms with Crippen LogP contribution in [0.3, 0.4) is 0 Å². The smallest absolute Gasteiger partial charge is 0.407 e. The first kappa shape index (κ1) is 8.50. The maximum absolute atomic E-state index is 10.6. The van der Waals surface area contributed by atoms with Crippen LogP contribution in [0.5, 0.6) is 0 Å². The van der Waals surface area contributed by atoms with Gasteiger partial charge in [-0.05, 0) is 0 Å². The Morgan fingerprint density at radius 1 is 1.54 bits per heavy atom. The van der Waals surface area contributed by atoms with Crippen molar-refractivity contribution in [1.82, 2.24) is 10.2 Å². The number of nitrogens with one attached hydrogen (secondary N) is 1. The minimum atomic E-state index is -0.822. The van der Waals surface area contributed by atoms with Crippen LogP contribution >= 0.6 is 0 Å². The molecule has 0 aliphatic carbocycles. The lowest BCUT2D eigenvalue weighted by atomic mass is 9.98. The molecule has 0 unspecified atom stereocenters. The van der Waals surface area contributed by atoms with E-state index in [-0.39, 0.29) is 5.66 Å². The molecular formula is C8H13N3O2. The van der Waals surface area contributed by atoms with E-state index in [0.717, 1.165) is 19.4 Å². The lowest BCUT2D eigenvalue weighted by Crippen LogP contribution is -2.51. The summed E-state index contributed by atoms with van der Waals surface area (Å²) in [6.07, 6.45) is 2.62. The normalized spacial score (nSPS) is 25.4. The average Bonchev–Trinajstić information content (AvgIpc) is 2.54. The second-order valence-corrected chi connectivity index (χ2v) is 3.49. The highest BCUT2D eigenvalue weighted by Crippen LogP contribution is 2.25. The van der Waals surface area contributed by atoms with Crippen LogP contribution in [-0.4, -0.2) is 47.6 Å². The molecule has 2 aliphatic rings. The lowest BCUT2D eigenvalue weighted by Gasteiger charge is -2.36. The monoisotopic (exact) mass is 183 g/mol. The van der Waals surface area contributed by atoms with E-state index in [1.165, 1.54) is 4.90 Å². The third kappa shape index (κ3) is 1.51. The number of hydrogen-bond acceptors (Lipinski definition) is 3. The van der Waals surface area contributed by atoms with E-state index in [9.17, 15) is 4.79 Å². The quantitative estimate of drug-likeness (QED) is 0.561. The minimum Gasteiger partial charge on any atom is -0.465 e. The first-order chi connectivity index (χ1) is 6.22. The van der Waals surface area contributed by atoms with Gasteiger partial charge in [-0.25, -0.2) is 4.79 Å². The van der Waals surface area contributed by atoms with Gasteiger partial charge in [0, 0.05) is 38.7 Å². The van der Waals surface area contributed by atoms with Crippen LogP contribution in [0.4, 0.5) is 4.79 Å². The molecule has 2 heterocycles. The molecule has 0 bridgehead atoms. The summed E-state index contributed by atoms with van der Waals surface area (Å²) in [5, 5.41) is 12.0. The predicted octanol–water partition coefficient (Wildman–Crippen LogP) is 0.131. The van der Waals surface area contributed by atoms with Gasteiger partial charge < -0.3 is 10.0 Å². The van der Waals surface area contributed by atoms with Crippen LogP contribution in [-0.2, 0) is 0 Å². The number of aliphatic imine (C=N–C) groups is 1. The summed E-state index contributed by atoms with van der Waals surface area (Å²) < 4.78 is 0. The highest BCUT2D eigenvalue weighted by molar-refractivity contribution is 5.66. The first-order valence-electron chi connectivity index (χ1n) is 4.48. The summed E-state index contributed by atoms with van der Waals surface area (Å²) >= 11 is 0. The molecule has 72 valence electrons. The Balaban J connectivity index is 1.96. The Morgan fingerprint density at radius 2 is 2.23 bits per heavy atom. The van der Waals surface area contributed by atoms with E-state index in [1.807, 2.05) is 6.21 Å². The molecule has 1 amide bonds. The van der Waals surface area contributed by atoms with Crippen LogP contribution < -0.4 is 5.32 Å². The van der Waals surface area contributed by atoms with Gasteiger partial charge in [0.05, 0.1) is 0 Å². The van der Waals surface area contributed by atoms with Gasteiger partial charge in [0.15, 0.2) is 0 Å². The van der Waals surface area contributed by atoms with E-state index in [2.05, 4.69) is 10.3 Å². The standard InChI is InChI=1S/C8H13N3O2/c12-7(13)11-5-1-8(2-6-11)9-3-4-10-8/h3,10H,1-2,4-6H2,(H,12,13). The number of carboxylic acid groups (broad SMARTS) is 1. The van der Waals surface area contributed by atoms with Crippen molar-refractivity contribution >= 4 is 12.3 Å². The van der Waals surface area contributed by atoms with Crippen LogP contribution in [0, 0.1) is 0 Å². The van der Waals surface area contributed by atoms with Gasteiger partial charge in [-0.2, -0.15) is 0 Å². The van der Waals surface area contributed by atoms with Crippen LogP contribution in [0.25, 0.3) is 0 Å². The second-order valence-electron chi connectivity index (χ2n) is 3.49. The number of rotatable bonds is 0. The average molecular weight is 183 g/mol. The van der Waals surface area contributed by atoms with E-state index in [4.69, 9.17) is 5.11 Å². The molecule has 0 aromatic carbocycles. The van der Waals surface area contributed by atoms with Crippen LogP contribution in [0.15, 0.2) is 4.99 Å². The van der Waals surface area contributed by atoms with Crippen molar-refractivity contribution in [2.75, 3.05) is 19.6 Å².